The number of fused-ring (bicyclic) bond motifs is 1. The number of halogens is 2. The zero-order chi connectivity index (χ0) is 26.2. The average Bonchev–Trinajstić information content (AvgIpc) is 3.27. The maximum Gasteiger partial charge on any atom is 0.255 e. The minimum atomic E-state index is -0.589. The average molecular weight is 519 g/mol. The fourth-order valence-electron chi connectivity index (χ4n) is 4.07. The second kappa shape index (κ2) is 12.5. The van der Waals surface area contributed by atoms with Crippen LogP contribution in [0.1, 0.15) is 28.8 Å². The summed E-state index contributed by atoms with van der Waals surface area (Å²) in [5, 5.41) is 8.80. The summed E-state index contributed by atoms with van der Waals surface area (Å²) < 4.78 is 20.4. The monoisotopic (exact) mass is 518 g/mol. The first-order chi connectivity index (χ1) is 17.3. The van der Waals surface area contributed by atoms with Crippen molar-refractivity contribution in [2.45, 2.75) is 25.4 Å². The molecule has 194 valence electrons. The number of ether oxygens (including phenoxy) is 1. The number of nitrogens with one attached hydrogen (secondary N) is 3. The predicted octanol–water partition coefficient (Wildman–Crippen LogP) is 3.19. The number of methoxy groups -OCH3 is 1. The molecule has 1 saturated heterocycles. The third-order valence-corrected chi connectivity index (χ3v) is 6.28. The summed E-state index contributed by atoms with van der Waals surface area (Å²) in [5.74, 6) is -0.958. The van der Waals surface area contributed by atoms with Crippen molar-refractivity contribution >= 4 is 35.1 Å². The lowest BCUT2D eigenvalue weighted by atomic mass is 10.0. The van der Waals surface area contributed by atoms with Crippen molar-refractivity contribution in [3.8, 4) is 0 Å². The van der Waals surface area contributed by atoms with Crippen molar-refractivity contribution in [3.63, 3.8) is 0 Å². The molecule has 1 unspecified atom stereocenters. The molecule has 2 amide bonds. The number of anilines is 2. The van der Waals surface area contributed by atoms with Gasteiger partial charge in [-0.3, -0.25) is 9.59 Å². The summed E-state index contributed by atoms with van der Waals surface area (Å²) in [7, 11) is 3.50. The highest BCUT2D eigenvalue weighted by Gasteiger charge is 2.31. The number of nitrogens with zero attached hydrogens (tertiary/aromatic N) is 3. The van der Waals surface area contributed by atoms with Crippen LogP contribution in [0.3, 0.4) is 0 Å². The zero-order valence-corrected chi connectivity index (χ0v) is 21.3. The first kappa shape index (κ1) is 27.2. The van der Waals surface area contributed by atoms with Gasteiger partial charge in [0.15, 0.2) is 11.6 Å². The van der Waals surface area contributed by atoms with Crippen LogP contribution in [0.15, 0.2) is 48.3 Å². The van der Waals surface area contributed by atoms with Crippen LogP contribution in [-0.2, 0) is 16.1 Å². The van der Waals surface area contributed by atoms with Gasteiger partial charge in [-0.15, -0.1) is 0 Å². The van der Waals surface area contributed by atoms with Crippen LogP contribution >= 0.6 is 11.6 Å². The third-order valence-electron chi connectivity index (χ3n) is 6.05. The molecule has 0 spiro atoms. The highest BCUT2D eigenvalue weighted by atomic mass is 35.5. The van der Waals surface area contributed by atoms with Crippen LogP contribution in [0, 0.1) is 5.82 Å². The fourth-order valence-corrected chi connectivity index (χ4v) is 4.31. The number of carbonyl (C=O) groups is 2. The molecule has 0 radical (unpaired) electrons. The Kier molecular flexibility index (Phi) is 9.49. The second-order valence-corrected chi connectivity index (χ2v) is 8.78. The number of likely N-dealkylation sites (tertiary alicyclic amines) is 1. The van der Waals surface area contributed by atoms with Crippen LogP contribution < -0.4 is 16.0 Å². The molecule has 1 aromatic rings. The standard InChI is InChI=1S/C25H32ClFN6O3/c1-5-20(34)33-10-6-7-17(15-33)30-24-22(27)19-14-28-25(35)21(19)23(31-24)29-16(2)8-9-18(13-26)32(3)11-12-36-4/h5,8-9,13,17H,1-2,6-7,10-12,14-15H2,3-4H3,(H,28,35)(H2,29,30,31)/b9-8-,18-13-. The maximum atomic E-state index is 15.3. The van der Waals surface area contributed by atoms with E-state index < -0.39 is 11.7 Å². The van der Waals surface area contributed by atoms with Crippen LogP contribution in [0.2, 0.25) is 0 Å². The fraction of sp³-hybridized carbons (Fsp3) is 0.400. The lowest BCUT2D eigenvalue weighted by molar-refractivity contribution is -0.127. The molecule has 9 nitrogen and oxygen atoms in total. The molecule has 3 heterocycles. The highest BCUT2D eigenvalue weighted by molar-refractivity contribution is 6.25. The van der Waals surface area contributed by atoms with Gasteiger partial charge in [-0.05, 0) is 31.1 Å². The number of carbonyl (C=O) groups excluding carboxylic acids is 2. The van der Waals surface area contributed by atoms with E-state index >= 15 is 4.39 Å². The normalized spacial score (nSPS) is 17.6. The van der Waals surface area contributed by atoms with Crippen LogP contribution in [0.25, 0.3) is 0 Å². The van der Waals surface area contributed by atoms with Crippen molar-refractivity contribution in [1.29, 1.82) is 0 Å². The Hall–Kier alpha value is -3.37. The SMILES string of the molecule is C=CC(=O)N1CCCC(Nc2nc(NC(=C)/C=C\C(=C\Cl)N(C)CCOC)c3c(c2F)CNC3=O)C1. The number of hydrogen-bond acceptors (Lipinski definition) is 7. The van der Waals surface area contributed by atoms with Crippen molar-refractivity contribution in [3.05, 3.63) is 65.3 Å². The number of likely N-dealkylation sites (N-methyl/N-ethyl adjacent to an activating group) is 1. The van der Waals surface area contributed by atoms with E-state index in [4.69, 9.17) is 16.3 Å². The van der Waals surface area contributed by atoms with Crippen LogP contribution in [-0.4, -0.2) is 73.0 Å². The zero-order valence-electron chi connectivity index (χ0n) is 20.6. The summed E-state index contributed by atoms with van der Waals surface area (Å²) >= 11 is 5.96. The van der Waals surface area contributed by atoms with Crippen molar-refractivity contribution in [1.82, 2.24) is 20.1 Å². The molecule has 0 aromatic carbocycles. The second-order valence-electron chi connectivity index (χ2n) is 8.56. The van der Waals surface area contributed by atoms with Gasteiger partial charge in [-0.2, -0.15) is 0 Å². The summed E-state index contributed by atoms with van der Waals surface area (Å²) in [6, 6.07) is -0.192. The van der Waals surface area contributed by atoms with E-state index in [-0.39, 0.29) is 41.3 Å². The predicted molar refractivity (Wildman–Crippen MR) is 139 cm³/mol. The number of pyridine rings is 1. The van der Waals surface area contributed by atoms with Crippen molar-refractivity contribution in [2.75, 3.05) is 51.0 Å². The number of hydrogen-bond donors (Lipinski definition) is 3. The van der Waals surface area contributed by atoms with Gasteiger partial charge in [-0.1, -0.05) is 24.8 Å². The van der Waals surface area contributed by atoms with E-state index in [1.165, 1.54) is 11.6 Å². The highest BCUT2D eigenvalue weighted by Crippen LogP contribution is 2.31. The topological polar surface area (TPSA) is 98.8 Å². The van der Waals surface area contributed by atoms with Crippen molar-refractivity contribution < 1.29 is 18.7 Å². The van der Waals surface area contributed by atoms with Gasteiger partial charge in [0.1, 0.15) is 5.82 Å². The van der Waals surface area contributed by atoms with Crippen molar-refractivity contribution in [2.24, 2.45) is 0 Å². The van der Waals surface area contributed by atoms with E-state index in [1.807, 2.05) is 11.9 Å². The van der Waals surface area contributed by atoms with E-state index in [0.29, 0.717) is 31.9 Å². The molecular weight excluding hydrogens is 487 g/mol. The Labute approximate surface area is 215 Å². The quantitative estimate of drug-likeness (QED) is 0.305. The summed E-state index contributed by atoms with van der Waals surface area (Å²) in [4.78, 5) is 32.4. The smallest absolute Gasteiger partial charge is 0.255 e. The van der Waals surface area contributed by atoms with E-state index in [2.05, 4.69) is 34.1 Å². The maximum absolute atomic E-state index is 15.3. The van der Waals surface area contributed by atoms with Gasteiger partial charge in [0.25, 0.3) is 5.91 Å². The first-order valence-electron chi connectivity index (χ1n) is 11.6. The Morgan fingerprint density at radius 1 is 1.42 bits per heavy atom. The van der Waals surface area contributed by atoms with E-state index in [1.54, 1.807) is 24.2 Å². The molecule has 1 aromatic heterocycles. The van der Waals surface area contributed by atoms with Gasteiger partial charge in [0.2, 0.25) is 5.91 Å². The number of aromatic nitrogens is 1. The molecule has 2 aliphatic rings. The van der Waals surface area contributed by atoms with Gasteiger partial charge in [0.05, 0.1) is 12.2 Å². The molecule has 3 rings (SSSR count). The number of piperidine rings is 1. The Morgan fingerprint density at radius 3 is 2.89 bits per heavy atom. The number of amides is 2. The molecule has 2 aliphatic heterocycles. The van der Waals surface area contributed by atoms with Gasteiger partial charge < -0.3 is 30.5 Å². The van der Waals surface area contributed by atoms with Crippen LogP contribution in [0.5, 0.6) is 0 Å². The molecule has 1 fully saturated rings. The van der Waals surface area contributed by atoms with Gasteiger partial charge in [0, 0.05) is 68.9 Å². The van der Waals surface area contributed by atoms with Gasteiger partial charge >= 0.3 is 0 Å². The molecule has 1 atom stereocenters. The third kappa shape index (κ3) is 6.44. The lowest BCUT2D eigenvalue weighted by Gasteiger charge is -2.33. The van der Waals surface area contributed by atoms with Crippen LogP contribution in [0.4, 0.5) is 16.0 Å². The van der Waals surface area contributed by atoms with Gasteiger partial charge in [-0.25, -0.2) is 9.37 Å². The molecule has 11 heteroatoms. The molecular formula is C25H32ClFN6O3. The van der Waals surface area contributed by atoms with E-state index in [9.17, 15) is 9.59 Å². The Balaban J connectivity index is 1.80. The Morgan fingerprint density at radius 2 is 2.19 bits per heavy atom. The summed E-state index contributed by atoms with van der Waals surface area (Å²) in [6.45, 7) is 9.78. The molecule has 3 N–H and O–H groups in total. The summed E-state index contributed by atoms with van der Waals surface area (Å²) in [6.07, 6.45) is 6.24. The van der Waals surface area contributed by atoms with E-state index in [0.717, 1.165) is 18.5 Å². The minimum Gasteiger partial charge on any atom is -0.383 e. The Bertz CT molecular complexity index is 1090. The summed E-state index contributed by atoms with van der Waals surface area (Å²) in [5.41, 5.74) is 2.97. The lowest BCUT2D eigenvalue weighted by Crippen LogP contribution is -2.44. The number of allylic oxidation sites excluding steroid dienone is 2. The molecule has 0 aliphatic carbocycles. The molecule has 0 saturated carbocycles. The minimum absolute atomic E-state index is 0.0167. The largest absolute Gasteiger partial charge is 0.383 e. The molecule has 0 bridgehead atoms. The number of rotatable bonds is 11. The molecule has 36 heavy (non-hydrogen) atoms. The first-order valence-corrected chi connectivity index (χ1v) is 12.1.